The number of hydrogen-bond acceptors (Lipinski definition) is 2. The van der Waals surface area contributed by atoms with Crippen molar-refractivity contribution < 1.29 is 4.79 Å². The van der Waals surface area contributed by atoms with Crippen LogP contribution in [0.15, 0.2) is 36.4 Å². The molecule has 18 heavy (non-hydrogen) atoms. The number of carbonyl (C=O) groups excluding carboxylic acids is 1. The van der Waals surface area contributed by atoms with Crippen LogP contribution in [0.5, 0.6) is 0 Å². The normalized spacial score (nSPS) is 11.1. The van der Waals surface area contributed by atoms with Gasteiger partial charge < -0.3 is 5.73 Å². The minimum Gasteiger partial charge on any atom is -0.398 e. The summed E-state index contributed by atoms with van der Waals surface area (Å²) in [5.74, 6) is 0.247. The largest absolute Gasteiger partial charge is 0.398 e. The van der Waals surface area contributed by atoms with E-state index in [1.807, 2.05) is 50.2 Å². The summed E-state index contributed by atoms with van der Waals surface area (Å²) < 4.78 is 0. The summed E-state index contributed by atoms with van der Waals surface area (Å²) in [5.41, 5.74) is 7.27. The highest BCUT2D eigenvalue weighted by Crippen LogP contribution is 2.25. The summed E-state index contributed by atoms with van der Waals surface area (Å²) in [6, 6.07) is 11.8. The maximum Gasteiger partial charge on any atom is 0.168 e. The number of nitrogens with two attached hydrogens (primary N) is 1. The smallest absolute Gasteiger partial charge is 0.168 e. The molecule has 0 atom stereocenters. The van der Waals surface area contributed by atoms with Gasteiger partial charge in [-0.2, -0.15) is 0 Å². The molecule has 0 heterocycles. The molecule has 2 aromatic carbocycles. The Hall–Kier alpha value is -1.83. The van der Waals surface area contributed by atoms with Gasteiger partial charge in [0.15, 0.2) is 5.78 Å². The average Bonchev–Trinajstić information content (AvgIpc) is 2.39. The molecule has 0 saturated heterocycles. The fourth-order valence-corrected chi connectivity index (χ4v) is 2.35. The summed E-state index contributed by atoms with van der Waals surface area (Å²) in [4.78, 5) is 12.4. The topological polar surface area (TPSA) is 43.1 Å². The highest BCUT2D eigenvalue weighted by atomic mass is 16.1. The first kappa shape index (κ1) is 12.6. The summed E-state index contributed by atoms with van der Waals surface area (Å²) >= 11 is 0. The van der Waals surface area contributed by atoms with Gasteiger partial charge in [0.2, 0.25) is 0 Å². The van der Waals surface area contributed by atoms with Crippen molar-refractivity contribution in [2.45, 2.75) is 26.7 Å². The van der Waals surface area contributed by atoms with Crippen molar-refractivity contribution in [3.05, 3.63) is 42.0 Å². The monoisotopic (exact) mass is 241 g/mol. The molecule has 0 spiro atoms. The van der Waals surface area contributed by atoms with E-state index in [0.29, 0.717) is 11.3 Å². The van der Waals surface area contributed by atoms with Crippen molar-refractivity contribution in [2.24, 2.45) is 5.92 Å². The van der Waals surface area contributed by atoms with Gasteiger partial charge in [0, 0.05) is 17.2 Å². The molecule has 0 radical (unpaired) electrons. The number of benzene rings is 2. The fourth-order valence-electron chi connectivity index (χ4n) is 2.35. The number of anilines is 1. The molecular formula is C16H19NO. The Kier molecular flexibility index (Phi) is 3.66. The van der Waals surface area contributed by atoms with Crippen LogP contribution < -0.4 is 5.73 Å². The molecule has 94 valence electrons. The number of Topliss-reactive ketones (excluding diaryl/α,β-unsaturated/α-hetero) is 1. The lowest BCUT2D eigenvalue weighted by Gasteiger charge is -2.13. The molecule has 0 aliphatic heterocycles. The standard InChI is InChI=1S/C16H19NO/c1-3-11(4-2)16(18)14-9-12-7-5-6-8-13(12)10-15(14)17/h5-11H,3-4,17H2,1-2H3. The van der Waals surface area contributed by atoms with Gasteiger partial charge in [0.05, 0.1) is 0 Å². The lowest BCUT2D eigenvalue weighted by molar-refractivity contribution is 0.0914. The average molecular weight is 241 g/mol. The van der Waals surface area contributed by atoms with E-state index in [4.69, 9.17) is 5.73 Å². The minimum atomic E-state index is 0.0773. The van der Waals surface area contributed by atoms with Gasteiger partial charge in [0.1, 0.15) is 0 Å². The minimum absolute atomic E-state index is 0.0773. The van der Waals surface area contributed by atoms with E-state index in [0.717, 1.165) is 23.6 Å². The van der Waals surface area contributed by atoms with E-state index in [9.17, 15) is 4.79 Å². The van der Waals surface area contributed by atoms with Gasteiger partial charge >= 0.3 is 0 Å². The zero-order valence-corrected chi connectivity index (χ0v) is 10.9. The van der Waals surface area contributed by atoms with Gasteiger partial charge in [-0.05, 0) is 35.7 Å². The SMILES string of the molecule is CCC(CC)C(=O)c1cc2ccccc2cc1N. The predicted molar refractivity (Wildman–Crippen MR) is 76.8 cm³/mol. The Bertz CT molecular complexity index is 570. The molecule has 2 heteroatoms. The maximum absolute atomic E-state index is 12.4. The Labute approximate surface area is 108 Å². The second kappa shape index (κ2) is 5.21. The molecule has 2 aromatic rings. The zero-order valence-electron chi connectivity index (χ0n) is 10.9. The third kappa shape index (κ3) is 2.23. The lowest BCUT2D eigenvalue weighted by atomic mass is 9.91. The van der Waals surface area contributed by atoms with Crippen molar-refractivity contribution >= 4 is 22.2 Å². The summed E-state index contributed by atoms with van der Waals surface area (Å²) in [6.07, 6.45) is 1.73. The zero-order chi connectivity index (χ0) is 13.1. The molecule has 2 N–H and O–H groups in total. The Morgan fingerprint density at radius 3 is 2.22 bits per heavy atom. The quantitative estimate of drug-likeness (QED) is 0.648. The second-order valence-corrected chi connectivity index (χ2v) is 4.66. The maximum atomic E-state index is 12.4. The summed E-state index contributed by atoms with van der Waals surface area (Å²) in [5, 5.41) is 2.15. The molecule has 0 unspecified atom stereocenters. The van der Waals surface area contributed by atoms with Crippen molar-refractivity contribution in [1.29, 1.82) is 0 Å². The van der Waals surface area contributed by atoms with Crippen LogP contribution in [-0.2, 0) is 0 Å². The number of carbonyl (C=O) groups is 1. The molecule has 0 saturated carbocycles. The van der Waals surface area contributed by atoms with Gasteiger partial charge in [-0.3, -0.25) is 4.79 Å². The first-order valence-corrected chi connectivity index (χ1v) is 6.49. The predicted octanol–water partition coefficient (Wildman–Crippen LogP) is 4.04. The molecule has 2 rings (SSSR count). The third-order valence-corrected chi connectivity index (χ3v) is 3.54. The van der Waals surface area contributed by atoms with Gasteiger partial charge in [-0.1, -0.05) is 38.1 Å². The van der Waals surface area contributed by atoms with E-state index in [1.54, 1.807) is 0 Å². The van der Waals surface area contributed by atoms with Crippen LogP contribution in [0.25, 0.3) is 10.8 Å². The Morgan fingerprint density at radius 1 is 1.11 bits per heavy atom. The Morgan fingerprint density at radius 2 is 1.67 bits per heavy atom. The Balaban J connectivity index is 2.50. The molecule has 0 fully saturated rings. The first-order chi connectivity index (χ1) is 8.67. The van der Waals surface area contributed by atoms with E-state index in [-0.39, 0.29) is 11.7 Å². The highest BCUT2D eigenvalue weighted by molar-refractivity contribution is 6.06. The summed E-state index contributed by atoms with van der Waals surface area (Å²) in [7, 11) is 0. The molecular weight excluding hydrogens is 222 g/mol. The van der Waals surface area contributed by atoms with E-state index in [1.165, 1.54) is 0 Å². The van der Waals surface area contributed by atoms with Crippen LogP contribution in [-0.4, -0.2) is 5.78 Å². The van der Waals surface area contributed by atoms with Crippen molar-refractivity contribution in [2.75, 3.05) is 5.73 Å². The molecule has 0 aliphatic carbocycles. The van der Waals surface area contributed by atoms with Crippen LogP contribution in [0, 0.1) is 5.92 Å². The second-order valence-electron chi connectivity index (χ2n) is 4.66. The van der Waals surface area contributed by atoms with Crippen LogP contribution >= 0.6 is 0 Å². The number of nitrogen functional groups attached to an aromatic ring is 1. The van der Waals surface area contributed by atoms with Crippen LogP contribution in [0.1, 0.15) is 37.0 Å². The number of rotatable bonds is 4. The number of hydrogen-bond donors (Lipinski definition) is 1. The molecule has 0 bridgehead atoms. The van der Waals surface area contributed by atoms with Crippen molar-refractivity contribution in [3.8, 4) is 0 Å². The van der Waals surface area contributed by atoms with Crippen LogP contribution in [0.2, 0.25) is 0 Å². The molecule has 0 aliphatic rings. The van der Waals surface area contributed by atoms with Crippen molar-refractivity contribution in [1.82, 2.24) is 0 Å². The molecule has 0 aromatic heterocycles. The van der Waals surface area contributed by atoms with Crippen LogP contribution in [0.4, 0.5) is 5.69 Å². The van der Waals surface area contributed by atoms with Gasteiger partial charge in [-0.15, -0.1) is 0 Å². The number of fused-ring (bicyclic) bond motifs is 1. The van der Waals surface area contributed by atoms with E-state index >= 15 is 0 Å². The van der Waals surface area contributed by atoms with Gasteiger partial charge in [0.25, 0.3) is 0 Å². The fraction of sp³-hybridized carbons (Fsp3) is 0.312. The molecule has 2 nitrogen and oxygen atoms in total. The van der Waals surface area contributed by atoms with E-state index in [2.05, 4.69) is 0 Å². The highest BCUT2D eigenvalue weighted by Gasteiger charge is 2.18. The number of ketones is 1. The van der Waals surface area contributed by atoms with E-state index < -0.39 is 0 Å². The van der Waals surface area contributed by atoms with Crippen molar-refractivity contribution in [3.63, 3.8) is 0 Å². The lowest BCUT2D eigenvalue weighted by Crippen LogP contribution is -2.14. The molecule has 0 amide bonds. The van der Waals surface area contributed by atoms with Crippen LogP contribution in [0.3, 0.4) is 0 Å². The third-order valence-electron chi connectivity index (χ3n) is 3.54. The first-order valence-electron chi connectivity index (χ1n) is 6.49. The van der Waals surface area contributed by atoms with Gasteiger partial charge in [-0.25, -0.2) is 0 Å². The summed E-state index contributed by atoms with van der Waals surface area (Å²) in [6.45, 7) is 4.09.